The molecule has 1 saturated heterocycles. The number of morpholine rings is 1. The summed E-state index contributed by atoms with van der Waals surface area (Å²) < 4.78 is 20.7. The zero-order chi connectivity index (χ0) is 19.9. The number of urea groups is 1. The zero-order valence-corrected chi connectivity index (χ0v) is 16.8. The van der Waals surface area contributed by atoms with Crippen LogP contribution >= 0.6 is 11.6 Å². The van der Waals surface area contributed by atoms with Gasteiger partial charge in [0.2, 0.25) is 0 Å². The highest BCUT2D eigenvalue weighted by Gasteiger charge is 2.17. The van der Waals surface area contributed by atoms with Gasteiger partial charge in [0.05, 0.1) is 24.8 Å². The molecule has 1 fully saturated rings. The monoisotopic (exact) mass is 408 g/mol. The smallest absolute Gasteiger partial charge is 0.322 e. The minimum atomic E-state index is -0.508. The molecule has 2 heterocycles. The number of halogens is 2. The van der Waals surface area contributed by atoms with Crippen molar-refractivity contribution in [2.24, 2.45) is 7.05 Å². The molecule has 0 atom stereocenters. The summed E-state index contributed by atoms with van der Waals surface area (Å²) in [6, 6.07) is 7.90. The number of amides is 2. The molecular weight excluding hydrogens is 383 g/mol. The van der Waals surface area contributed by atoms with E-state index < -0.39 is 5.82 Å². The van der Waals surface area contributed by atoms with Crippen LogP contribution in [0.4, 0.5) is 14.9 Å². The summed E-state index contributed by atoms with van der Waals surface area (Å²) >= 11 is 5.82. The van der Waals surface area contributed by atoms with Crippen LogP contribution < -0.4 is 5.32 Å². The Morgan fingerprint density at radius 3 is 2.79 bits per heavy atom. The lowest BCUT2D eigenvalue weighted by Gasteiger charge is -2.28. The third kappa shape index (κ3) is 5.70. The van der Waals surface area contributed by atoms with Crippen LogP contribution in [0.2, 0.25) is 5.02 Å². The lowest BCUT2D eigenvalue weighted by atomic mass is 10.3. The normalized spacial score (nSPS) is 14.8. The van der Waals surface area contributed by atoms with Crippen LogP contribution in [0.5, 0.6) is 0 Å². The summed E-state index contributed by atoms with van der Waals surface area (Å²) in [5.41, 5.74) is 1.51. The second-order valence-corrected chi connectivity index (χ2v) is 7.31. The zero-order valence-electron chi connectivity index (χ0n) is 16.0. The molecule has 0 aliphatic carbocycles. The number of rotatable bonds is 7. The number of hydrogen-bond acceptors (Lipinski definition) is 3. The van der Waals surface area contributed by atoms with E-state index in [9.17, 15) is 9.18 Å². The molecule has 1 N–H and O–H groups in total. The standard InChI is InChI=1S/C20H26ClFN4O2/c1-24-7-2-4-17(24)15-26(9-3-8-25-10-12-28-13-11-25)20(27)23-16-5-6-19(22)18(21)14-16/h2,4-7,14H,3,8-13,15H2,1H3,(H,23,27). The maximum Gasteiger partial charge on any atom is 0.322 e. The SMILES string of the molecule is Cn1cccc1CN(CCCN1CCOCC1)C(=O)Nc1ccc(F)c(Cl)c1. The van der Waals surface area contributed by atoms with E-state index >= 15 is 0 Å². The van der Waals surface area contributed by atoms with Gasteiger partial charge in [0.1, 0.15) is 5.82 Å². The average molecular weight is 409 g/mol. The van der Waals surface area contributed by atoms with Crippen molar-refractivity contribution < 1.29 is 13.9 Å². The fourth-order valence-electron chi connectivity index (χ4n) is 3.20. The van der Waals surface area contributed by atoms with Crippen LogP contribution in [0.25, 0.3) is 0 Å². The molecule has 1 aliphatic heterocycles. The van der Waals surface area contributed by atoms with Gasteiger partial charge in [-0.15, -0.1) is 0 Å². The molecule has 8 heteroatoms. The third-order valence-corrected chi connectivity index (χ3v) is 5.16. The highest BCUT2D eigenvalue weighted by Crippen LogP contribution is 2.20. The van der Waals surface area contributed by atoms with E-state index in [-0.39, 0.29) is 11.1 Å². The fraction of sp³-hybridized carbons (Fsp3) is 0.450. The van der Waals surface area contributed by atoms with Gasteiger partial charge in [-0.1, -0.05) is 11.6 Å². The fourth-order valence-corrected chi connectivity index (χ4v) is 3.38. The van der Waals surface area contributed by atoms with Crippen LogP contribution in [0, 0.1) is 5.82 Å². The number of carbonyl (C=O) groups excluding carboxylic acids is 1. The summed E-state index contributed by atoms with van der Waals surface area (Å²) in [5, 5.41) is 2.81. The van der Waals surface area contributed by atoms with E-state index in [0.29, 0.717) is 18.8 Å². The number of aromatic nitrogens is 1. The maximum atomic E-state index is 13.4. The number of anilines is 1. The van der Waals surface area contributed by atoms with Crippen LogP contribution in [0.1, 0.15) is 12.1 Å². The van der Waals surface area contributed by atoms with Crippen molar-refractivity contribution in [2.45, 2.75) is 13.0 Å². The maximum absolute atomic E-state index is 13.4. The molecule has 0 bridgehead atoms. The van der Waals surface area contributed by atoms with Crippen molar-refractivity contribution in [1.82, 2.24) is 14.4 Å². The Hall–Kier alpha value is -2.09. The third-order valence-electron chi connectivity index (χ3n) is 4.87. The Labute approximate surface area is 169 Å². The first-order chi connectivity index (χ1) is 13.5. The topological polar surface area (TPSA) is 49.7 Å². The minimum Gasteiger partial charge on any atom is -0.379 e. The highest BCUT2D eigenvalue weighted by atomic mass is 35.5. The quantitative estimate of drug-likeness (QED) is 0.761. The Morgan fingerprint density at radius 2 is 2.11 bits per heavy atom. The largest absolute Gasteiger partial charge is 0.379 e. The lowest BCUT2D eigenvalue weighted by Crippen LogP contribution is -2.40. The number of aryl methyl sites for hydroxylation is 1. The van der Waals surface area contributed by atoms with Gasteiger partial charge in [0.15, 0.2) is 0 Å². The first-order valence-electron chi connectivity index (χ1n) is 9.44. The Morgan fingerprint density at radius 1 is 1.32 bits per heavy atom. The van der Waals surface area contributed by atoms with Crippen molar-refractivity contribution in [2.75, 3.05) is 44.7 Å². The summed E-state index contributed by atoms with van der Waals surface area (Å²) in [6.45, 7) is 5.41. The van der Waals surface area contributed by atoms with E-state index in [1.807, 2.05) is 29.9 Å². The predicted octanol–water partition coefficient (Wildman–Crippen LogP) is 3.57. The number of benzene rings is 1. The van der Waals surface area contributed by atoms with Gasteiger partial charge in [-0.2, -0.15) is 0 Å². The van der Waals surface area contributed by atoms with E-state index in [1.54, 1.807) is 4.90 Å². The summed E-state index contributed by atoms with van der Waals surface area (Å²) in [6.07, 6.45) is 2.82. The molecule has 28 heavy (non-hydrogen) atoms. The average Bonchev–Trinajstić information content (AvgIpc) is 3.09. The molecule has 0 radical (unpaired) electrons. The van der Waals surface area contributed by atoms with Gasteiger partial charge < -0.3 is 19.5 Å². The molecule has 0 spiro atoms. The highest BCUT2D eigenvalue weighted by molar-refractivity contribution is 6.31. The molecule has 2 aromatic rings. The van der Waals surface area contributed by atoms with Gasteiger partial charge >= 0.3 is 6.03 Å². The molecule has 152 valence electrons. The van der Waals surface area contributed by atoms with Crippen molar-refractivity contribution >= 4 is 23.3 Å². The van der Waals surface area contributed by atoms with Crippen LogP contribution in [-0.2, 0) is 18.3 Å². The van der Waals surface area contributed by atoms with Crippen molar-refractivity contribution in [3.05, 3.63) is 53.1 Å². The van der Waals surface area contributed by atoms with Crippen molar-refractivity contribution in [3.8, 4) is 0 Å². The van der Waals surface area contributed by atoms with E-state index in [4.69, 9.17) is 16.3 Å². The molecule has 6 nitrogen and oxygen atoms in total. The van der Waals surface area contributed by atoms with E-state index in [0.717, 1.165) is 45.0 Å². The second kappa shape index (κ2) is 9.91. The van der Waals surface area contributed by atoms with Gasteiger partial charge in [0, 0.05) is 50.8 Å². The first-order valence-corrected chi connectivity index (χ1v) is 9.82. The first kappa shape index (κ1) is 20.6. The van der Waals surface area contributed by atoms with Gasteiger partial charge in [-0.25, -0.2) is 9.18 Å². The van der Waals surface area contributed by atoms with Gasteiger partial charge in [-0.3, -0.25) is 4.90 Å². The molecule has 0 unspecified atom stereocenters. The minimum absolute atomic E-state index is 0.0147. The number of carbonyl (C=O) groups is 1. The van der Waals surface area contributed by atoms with E-state index in [2.05, 4.69) is 10.2 Å². The molecule has 1 aromatic heterocycles. The van der Waals surface area contributed by atoms with Crippen LogP contribution in [0.3, 0.4) is 0 Å². The molecule has 0 saturated carbocycles. The van der Waals surface area contributed by atoms with Crippen molar-refractivity contribution in [3.63, 3.8) is 0 Å². The molecular formula is C20H26ClFN4O2. The Bertz CT molecular complexity index is 792. The van der Waals surface area contributed by atoms with Crippen LogP contribution in [-0.4, -0.2) is 59.8 Å². The Kier molecular flexibility index (Phi) is 7.30. The Balaban J connectivity index is 1.62. The van der Waals surface area contributed by atoms with Gasteiger partial charge in [-0.05, 0) is 36.8 Å². The van der Waals surface area contributed by atoms with Crippen LogP contribution in [0.15, 0.2) is 36.5 Å². The second-order valence-electron chi connectivity index (χ2n) is 6.90. The number of ether oxygens (including phenoxy) is 1. The van der Waals surface area contributed by atoms with E-state index in [1.165, 1.54) is 18.2 Å². The summed E-state index contributed by atoms with van der Waals surface area (Å²) in [7, 11) is 1.96. The molecule has 3 rings (SSSR count). The summed E-state index contributed by atoms with van der Waals surface area (Å²) in [5.74, 6) is -0.508. The number of hydrogen-bond donors (Lipinski definition) is 1. The predicted molar refractivity (Wildman–Crippen MR) is 108 cm³/mol. The van der Waals surface area contributed by atoms with Crippen molar-refractivity contribution in [1.29, 1.82) is 0 Å². The number of nitrogens with zero attached hydrogens (tertiary/aromatic N) is 3. The molecule has 2 amide bonds. The summed E-state index contributed by atoms with van der Waals surface area (Å²) in [4.78, 5) is 17.0. The molecule has 1 aliphatic rings. The number of nitrogens with one attached hydrogen (secondary N) is 1. The lowest BCUT2D eigenvalue weighted by molar-refractivity contribution is 0.0365. The molecule has 1 aromatic carbocycles. The van der Waals surface area contributed by atoms with Gasteiger partial charge in [0.25, 0.3) is 0 Å².